The van der Waals surface area contributed by atoms with Crippen molar-refractivity contribution in [3.63, 3.8) is 0 Å². The number of fused-ring (bicyclic) bond motifs is 2. The summed E-state index contributed by atoms with van der Waals surface area (Å²) < 4.78 is 6.13. The highest BCUT2D eigenvalue weighted by Crippen LogP contribution is 2.45. The molecule has 0 aromatic heterocycles. The van der Waals surface area contributed by atoms with Crippen molar-refractivity contribution >= 4 is 22.7 Å². The van der Waals surface area contributed by atoms with Crippen molar-refractivity contribution in [1.29, 1.82) is 0 Å². The molecule has 1 heterocycles. The van der Waals surface area contributed by atoms with Crippen molar-refractivity contribution in [2.45, 2.75) is 0 Å². The second kappa shape index (κ2) is 7.51. The summed E-state index contributed by atoms with van der Waals surface area (Å²) in [6, 6.07) is 24.0. The Morgan fingerprint density at radius 2 is 1.03 bits per heavy atom. The molecule has 5 rings (SSSR count). The van der Waals surface area contributed by atoms with Gasteiger partial charge in [0.1, 0.15) is 0 Å². The number of benzene rings is 4. The lowest BCUT2D eigenvalue weighted by Gasteiger charge is -2.23. The van der Waals surface area contributed by atoms with Gasteiger partial charge in [-0.05, 0) is 46.5 Å². The molecule has 1 aliphatic heterocycles. The first-order valence-electron chi connectivity index (χ1n) is 9.70. The average molecular weight is 425 g/mol. The van der Waals surface area contributed by atoms with Crippen molar-refractivity contribution in [3.8, 4) is 33.8 Å². The molecule has 0 saturated carbocycles. The SMILES string of the molecule is O=[N+]([O-])c1cccc(-c2ccc3c(c2)Oc2cc(-c4cccc([N+](=O)[O-])c4)ccc2N3)c1. The van der Waals surface area contributed by atoms with Gasteiger partial charge in [-0.2, -0.15) is 0 Å². The van der Waals surface area contributed by atoms with Gasteiger partial charge in [-0.1, -0.05) is 36.4 Å². The molecule has 0 atom stereocenters. The van der Waals surface area contributed by atoms with E-state index in [1.807, 2.05) is 36.4 Å². The van der Waals surface area contributed by atoms with E-state index in [9.17, 15) is 20.2 Å². The van der Waals surface area contributed by atoms with Gasteiger partial charge in [0, 0.05) is 24.3 Å². The van der Waals surface area contributed by atoms with Crippen LogP contribution < -0.4 is 10.1 Å². The number of anilines is 2. The van der Waals surface area contributed by atoms with Crippen LogP contribution in [0.4, 0.5) is 22.7 Å². The van der Waals surface area contributed by atoms with Crippen LogP contribution in [-0.4, -0.2) is 9.85 Å². The third-order valence-electron chi connectivity index (χ3n) is 5.23. The number of nitrogens with one attached hydrogen (secondary N) is 1. The van der Waals surface area contributed by atoms with Gasteiger partial charge < -0.3 is 10.1 Å². The molecule has 32 heavy (non-hydrogen) atoms. The molecule has 0 unspecified atom stereocenters. The largest absolute Gasteiger partial charge is 0.453 e. The van der Waals surface area contributed by atoms with E-state index in [1.54, 1.807) is 24.3 Å². The maximum absolute atomic E-state index is 11.1. The number of ether oxygens (including phenoxy) is 1. The third-order valence-corrected chi connectivity index (χ3v) is 5.23. The summed E-state index contributed by atoms with van der Waals surface area (Å²) in [5.74, 6) is 1.16. The van der Waals surface area contributed by atoms with Crippen LogP contribution in [0.15, 0.2) is 84.9 Å². The van der Waals surface area contributed by atoms with Crippen LogP contribution in [0, 0.1) is 20.2 Å². The maximum atomic E-state index is 11.1. The van der Waals surface area contributed by atoms with E-state index in [-0.39, 0.29) is 11.4 Å². The predicted molar refractivity (Wildman–Crippen MR) is 120 cm³/mol. The summed E-state index contributed by atoms with van der Waals surface area (Å²) in [6.07, 6.45) is 0. The van der Waals surface area contributed by atoms with Crippen molar-refractivity contribution < 1.29 is 14.6 Å². The molecular formula is C24H15N3O5. The van der Waals surface area contributed by atoms with Crippen LogP contribution in [-0.2, 0) is 0 Å². The first-order chi connectivity index (χ1) is 15.5. The Balaban J connectivity index is 1.49. The van der Waals surface area contributed by atoms with E-state index >= 15 is 0 Å². The number of non-ortho nitro benzene ring substituents is 2. The van der Waals surface area contributed by atoms with Crippen molar-refractivity contribution in [3.05, 3.63) is 105 Å². The summed E-state index contributed by atoms with van der Waals surface area (Å²) in [5, 5.41) is 25.5. The highest BCUT2D eigenvalue weighted by atomic mass is 16.6. The normalized spacial score (nSPS) is 11.5. The Morgan fingerprint density at radius 3 is 1.47 bits per heavy atom. The van der Waals surface area contributed by atoms with E-state index < -0.39 is 9.85 Å². The molecule has 1 N–H and O–H groups in total. The molecule has 0 radical (unpaired) electrons. The Labute approximate surface area is 182 Å². The fourth-order valence-electron chi connectivity index (χ4n) is 3.64. The molecule has 4 aromatic rings. The molecule has 156 valence electrons. The lowest BCUT2D eigenvalue weighted by atomic mass is 10.0. The number of hydrogen-bond donors (Lipinski definition) is 1. The minimum Gasteiger partial charge on any atom is -0.453 e. The Morgan fingerprint density at radius 1 is 0.594 bits per heavy atom. The number of rotatable bonds is 4. The molecule has 0 amide bonds. The molecule has 8 heteroatoms. The van der Waals surface area contributed by atoms with E-state index in [0.29, 0.717) is 22.6 Å². The Hall–Kier alpha value is -4.72. The molecule has 0 bridgehead atoms. The Bertz CT molecular complexity index is 1300. The highest BCUT2D eigenvalue weighted by molar-refractivity contribution is 5.82. The van der Waals surface area contributed by atoms with Gasteiger partial charge in [-0.3, -0.25) is 20.2 Å². The lowest BCUT2D eigenvalue weighted by Crippen LogP contribution is -2.03. The van der Waals surface area contributed by atoms with Crippen molar-refractivity contribution in [2.75, 3.05) is 5.32 Å². The summed E-state index contributed by atoms with van der Waals surface area (Å²) in [7, 11) is 0. The van der Waals surface area contributed by atoms with Gasteiger partial charge >= 0.3 is 0 Å². The van der Waals surface area contributed by atoms with Crippen LogP contribution in [0.25, 0.3) is 22.3 Å². The fourth-order valence-corrected chi connectivity index (χ4v) is 3.64. The number of nitrogens with zero attached hydrogens (tertiary/aromatic N) is 2. The summed E-state index contributed by atoms with van der Waals surface area (Å²) >= 11 is 0. The monoisotopic (exact) mass is 425 g/mol. The molecule has 0 spiro atoms. The molecular weight excluding hydrogens is 410 g/mol. The van der Waals surface area contributed by atoms with Gasteiger partial charge in [0.2, 0.25) is 0 Å². The van der Waals surface area contributed by atoms with Gasteiger partial charge in [0.25, 0.3) is 11.4 Å². The van der Waals surface area contributed by atoms with Gasteiger partial charge in [-0.25, -0.2) is 0 Å². The topological polar surface area (TPSA) is 108 Å². The zero-order valence-electron chi connectivity index (χ0n) is 16.5. The smallest absolute Gasteiger partial charge is 0.270 e. The predicted octanol–water partition coefficient (Wildman–Crippen LogP) is 6.69. The average Bonchev–Trinajstić information content (AvgIpc) is 2.82. The quantitative estimate of drug-likeness (QED) is 0.254. The molecule has 4 aromatic carbocycles. The maximum Gasteiger partial charge on any atom is 0.270 e. The lowest BCUT2D eigenvalue weighted by molar-refractivity contribution is -0.385. The first-order valence-corrected chi connectivity index (χ1v) is 9.70. The fraction of sp³-hybridized carbons (Fsp3) is 0. The van der Waals surface area contributed by atoms with Crippen molar-refractivity contribution in [1.82, 2.24) is 0 Å². The minimum atomic E-state index is -0.425. The van der Waals surface area contributed by atoms with E-state index in [1.165, 1.54) is 24.3 Å². The van der Waals surface area contributed by atoms with E-state index in [4.69, 9.17) is 4.74 Å². The van der Waals surface area contributed by atoms with Crippen LogP contribution in [0.3, 0.4) is 0 Å². The molecule has 8 nitrogen and oxygen atoms in total. The second-order valence-corrected chi connectivity index (χ2v) is 7.26. The first kappa shape index (κ1) is 19.3. The standard InChI is InChI=1S/C24H15N3O5/c28-26(29)19-5-1-3-15(11-19)17-7-9-21-23(13-17)32-24-14-18(8-10-22(24)25-21)16-4-2-6-20(12-16)27(30)31/h1-14,25H. The van der Waals surface area contributed by atoms with Crippen LogP contribution in [0.1, 0.15) is 0 Å². The zero-order chi connectivity index (χ0) is 22.2. The number of nitro groups is 2. The molecule has 0 fully saturated rings. The highest BCUT2D eigenvalue weighted by Gasteiger charge is 2.19. The van der Waals surface area contributed by atoms with Crippen LogP contribution in [0.5, 0.6) is 11.5 Å². The second-order valence-electron chi connectivity index (χ2n) is 7.26. The van der Waals surface area contributed by atoms with Crippen LogP contribution in [0.2, 0.25) is 0 Å². The van der Waals surface area contributed by atoms with Gasteiger partial charge in [-0.15, -0.1) is 0 Å². The minimum absolute atomic E-state index is 0.0196. The third kappa shape index (κ3) is 3.50. The van der Waals surface area contributed by atoms with E-state index in [2.05, 4.69) is 5.32 Å². The number of nitro benzene ring substituents is 2. The van der Waals surface area contributed by atoms with Crippen molar-refractivity contribution in [2.24, 2.45) is 0 Å². The van der Waals surface area contributed by atoms with Crippen LogP contribution >= 0.6 is 0 Å². The Kier molecular flexibility index (Phi) is 4.52. The molecule has 0 saturated heterocycles. The van der Waals surface area contributed by atoms with Gasteiger partial charge in [0.15, 0.2) is 11.5 Å². The molecule has 0 aliphatic carbocycles. The zero-order valence-corrected chi connectivity index (χ0v) is 16.5. The summed E-state index contributed by atoms with van der Waals surface area (Å²) in [6.45, 7) is 0. The summed E-state index contributed by atoms with van der Waals surface area (Å²) in [5.41, 5.74) is 4.57. The molecule has 1 aliphatic rings. The van der Waals surface area contributed by atoms with Gasteiger partial charge in [0.05, 0.1) is 21.2 Å². The number of hydrogen-bond acceptors (Lipinski definition) is 6. The summed E-state index contributed by atoms with van der Waals surface area (Å²) in [4.78, 5) is 21.3. The van der Waals surface area contributed by atoms with E-state index in [0.717, 1.165) is 22.5 Å².